The molecule has 10 nitrogen and oxygen atoms in total. The Kier molecular flexibility index (Phi) is 10.3. The molecule has 1 amide bonds. The van der Waals surface area contributed by atoms with E-state index in [1.165, 1.54) is 25.6 Å². The molecule has 3 aromatic carbocycles. The van der Waals surface area contributed by atoms with Crippen molar-refractivity contribution in [2.45, 2.75) is 45.3 Å². The monoisotopic (exact) mass is 670 g/mol. The van der Waals surface area contributed by atoms with Crippen LogP contribution in [0.1, 0.15) is 38.2 Å². The van der Waals surface area contributed by atoms with Gasteiger partial charge in [-0.15, -0.1) is 0 Å². The second-order valence-electron chi connectivity index (χ2n) is 11.4. The summed E-state index contributed by atoms with van der Waals surface area (Å²) >= 11 is 11.9. The Labute approximate surface area is 275 Å². The minimum atomic E-state index is -0.914. The van der Waals surface area contributed by atoms with E-state index in [1.54, 1.807) is 19.1 Å². The number of carboxylic acid groups (broad SMARTS) is 1. The van der Waals surface area contributed by atoms with Crippen molar-refractivity contribution in [3.8, 4) is 11.5 Å². The van der Waals surface area contributed by atoms with Gasteiger partial charge in [-0.1, -0.05) is 60.0 Å². The van der Waals surface area contributed by atoms with Crippen molar-refractivity contribution in [3.05, 3.63) is 82.4 Å². The average molecular weight is 672 g/mol. The van der Waals surface area contributed by atoms with E-state index in [4.69, 9.17) is 37.4 Å². The van der Waals surface area contributed by atoms with Crippen LogP contribution in [0, 0.1) is 17.2 Å². The van der Waals surface area contributed by atoms with Gasteiger partial charge in [-0.05, 0) is 55.9 Å². The molecule has 1 heterocycles. The highest BCUT2D eigenvalue weighted by Crippen LogP contribution is 2.46. The number of amides is 1. The number of rotatable bonds is 12. The van der Waals surface area contributed by atoms with Crippen molar-refractivity contribution >= 4 is 57.7 Å². The number of benzene rings is 3. The summed E-state index contributed by atoms with van der Waals surface area (Å²) in [6.07, 6.45) is 3.09. The van der Waals surface area contributed by atoms with E-state index in [2.05, 4.69) is 20.6 Å². The number of ether oxygens (including phenoxy) is 3. The molecule has 1 aromatic heterocycles. The van der Waals surface area contributed by atoms with Gasteiger partial charge in [0.15, 0.2) is 17.3 Å². The SMILES string of the molecule is COc1cc2c(Nc3ccc(Cl)c(Cl)c3F)ncnc2cc1OC[C@H](CC1CCC[C@@]1(C)C(=O)O)NC(=O)OCc1ccccc1. The number of carbonyl (C=O) groups excluding carboxylic acids is 1. The van der Waals surface area contributed by atoms with Gasteiger partial charge < -0.3 is 30.0 Å². The van der Waals surface area contributed by atoms with Crippen molar-refractivity contribution in [1.29, 1.82) is 0 Å². The highest BCUT2D eigenvalue weighted by atomic mass is 35.5. The molecule has 0 aliphatic heterocycles. The number of carboxylic acids is 1. The smallest absolute Gasteiger partial charge is 0.407 e. The zero-order chi connectivity index (χ0) is 32.8. The zero-order valence-electron chi connectivity index (χ0n) is 25.2. The first-order valence-electron chi connectivity index (χ1n) is 14.7. The first-order valence-corrected chi connectivity index (χ1v) is 15.4. The van der Waals surface area contributed by atoms with Crippen LogP contribution in [0.15, 0.2) is 60.9 Å². The number of fused-ring (bicyclic) bond motifs is 1. The second kappa shape index (κ2) is 14.4. The predicted octanol–water partition coefficient (Wildman–Crippen LogP) is 7.78. The molecule has 46 heavy (non-hydrogen) atoms. The summed E-state index contributed by atoms with van der Waals surface area (Å²) in [4.78, 5) is 33.6. The molecule has 0 spiro atoms. The molecular weight excluding hydrogens is 638 g/mol. The maximum absolute atomic E-state index is 14.8. The number of halogens is 3. The lowest BCUT2D eigenvalue weighted by Gasteiger charge is -2.30. The molecule has 4 aromatic rings. The standard InChI is InChI=1S/C33H33Cl2FN4O6/c1-33(31(41)42)12-6-9-20(33)13-21(39-32(43)46-16-19-7-4-3-5-8-19)17-45-27-15-25-22(14-26(27)44-2)30(38-18-37-25)40-24-11-10-23(34)28(35)29(24)36/h3-5,7-8,10-11,14-15,18,20-21H,6,9,12-13,16-17H2,1-2H3,(H,39,43)(H,41,42)(H,37,38,40)/t20?,21-,33+/m0/s1. The van der Waals surface area contributed by atoms with E-state index in [0.29, 0.717) is 47.5 Å². The van der Waals surface area contributed by atoms with Crippen molar-refractivity contribution in [1.82, 2.24) is 15.3 Å². The average Bonchev–Trinajstić information content (AvgIpc) is 3.43. The van der Waals surface area contributed by atoms with Gasteiger partial charge in [0, 0.05) is 11.5 Å². The normalized spacial score (nSPS) is 18.2. The van der Waals surface area contributed by atoms with Crippen LogP contribution in [0.4, 0.5) is 20.7 Å². The highest BCUT2D eigenvalue weighted by molar-refractivity contribution is 6.42. The van der Waals surface area contributed by atoms with Crippen LogP contribution in [-0.4, -0.2) is 46.9 Å². The number of alkyl carbamates (subject to hydrolysis) is 1. The maximum Gasteiger partial charge on any atom is 0.407 e. The maximum atomic E-state index is 14.8. The van der Waals surface area contributed by atoms with E-state index in [9.17, 15) is 19.1 Å². The van der Waals surface area contributed by atoms with Crippen molar-refractivity contribution in [3.63, 3.8) is 0 Å². The topological polar surface area (TPSA) is 132 Å². The molecule has 0 bridgehead atoms. The van der Waals surface area contributed by atoms with Gasteiger partial charge in [0.05, 0.1) is 39.8 Å². The van der Waals surface area contributed by atoms with E-state index in [1.807, 2.05) is 30.3 Å². The minimum absolute atomic E-state index is 0.000815. The fourth-order valence-electron chi connectivity index (χ4n) is 5.72. The van der Waals surface area contributed by atoms with Crippen LogP contribution in [0.3, 0.4) is 0 Å². The lowest BCUT2D eigenvalue weighted by molar-refractivity contribution is -0.150. The van der Waals surface area contributed by atoms with Crippen molar-refractivity contribution in [2.24, 2.45) is 11.3 Å². The van der Waals surface area contributed by atoms with Gasteiger partial charge in [0.1, 0.15) is 25.4 Å². The Morgan fingerprint density at radius 3 is 2.65 bits per heavy atom. The number of methoxy groups -OCH3 is 1. The summed E-state index contributed by atoms with van der Waals surface area (Å²) < 4.78 is 32.0. The fraction of sp³-hybridized carbons (Fsp3) is 0.333. The number of hydrogen-bond donors (Lipinski definition) is 3. The molecule has 3 N–H and O–H groups in total. The molecule has 1 aliphatic carbocycles. The quantitative estimate of drug-likeness (QED) is 0.129. The number of nitrogens with zero attached hydrogens (tertiary/aromatic N) is 2. The molecule has 1 unspecified atom stereocenters. The zero-order valence-corrected chi connectivity index (χ0v) is 26.7. The van der Waals surface area contributed by atoms with E-state index in [-0.39, 0.29) is 34.9 Å². The van der Waals surface area contributed by atoms with Crippen LogP contribution in [0.25, 0.3) is 10.9 Å². The van der Waals surface area contributed by atoms with Crippen LogP contribution in [-0.2, 0) is 16.1 Å². The Hall–Kier alpha value is -4.35. The first-order chi connectivity index (χ1) is 22.1. The molecule has 0 saturated heterocycles. The lowest BCUT2D eigenvalue weighted by atomic mass is 9.77. The lowest BCUT2D eigenvalue weighted by Crippen LogP contribution is -2.43. The van der Waals surface area contributed by atoms with Crippen LogP contribution in [0.5, 0.6) is 11.5 Å². The van der Waals surface area contributed by atoms with Gasteiger partial charge in [-0.25, -0.2) is 19.2 Å². The molecule has 13 heteroatoms. The van der Waals surface area contributed by atoms with Gasteiger partial charge >= 0.3 is 12.1 Å². The number of anilines is 2. The fourth-order valence-corrected chi connectivity index (χ4v) is 6.03. The summed E-state index contributed by atoms with van der Waals surface area (Å²) in [5, 5.41) is 16.2. The summed E-state index contributed by atoms with van der Waals surface area (Å²) in [6.45, 7) is 1.83. The summed E-state index contributed by atoms with van der Waals surface area (Å²) in [5.74, 6) is -0.812. The van der Waals surface area contributed by atoms with Gasteiger partial charge in [-0.3, -0.25) is 4.79 Å². The molecule has 1 fully saturated rings. The first kappa shape index (κ1) is 33.0. The molecule has 1 saturated carbocycles. The molecule has 1 aliphatic rings. The van der Waals surface area contributed by atoms with Crippen LogP contribution in [0.2, 0.25) is 10.0 Å². The van der Waals surface area contributed by atoms with Gasteiger partial charge in [-0.2, -0.15) is 0 Å². The summed E-state index contributed by atoms with van der Waals surface area (Å²) in [5.41, 5.74) is 0.456. The number of aromatic nitrogens is 2. The van der Waals surface area contributed by atoms with Gasteiger partial charge in [0.25, 0.3) is 0 Å². The Morgan fingerprint density at radius 1 is 1.13 bits per heavy atom. The van der Waals surface area contributed by atoms with Crippen LogP contribution < -0.4 is 20.1 Å². The number of aliphatic carboxylic acids is 1. The Morgan fingerprint density at radius 2 is 1.91 bits per heavy atom. The largest absolute Gasteiger partial charge is 0.493 e. The third kappa shape index (κ3) is 7.37. The Bertz CT molecular complexity index is 1730. The van der Waals surface area contributed by atoms with E-state index in [0.717, 1.165) is 12.0 Å². The number of nitrogens with one attached hydrogen (secondary N) is 2. The molecule has 0 radical (unpaired) electrons. The second-order valence-corrected chi connectivity index (χ2v) is 12.1. The third-order valence-electron chi connectivity index (χ3n) is 8.39. The Balaban J connectivity index is 1.36. The predicted molar refractivity (Wildman–Crippen MR) is 173 cm³/mol. The number of carbonyl (C=O) groups is 2. The molecular formula is C33H33Cl2FN4O6. The molecule has 242 valence electrons. The van der Waals surface area contributed by atoms with E-state index >= 15 is 0 Å². The van der Waals surface area contributed by atoms with E-state index < -0.39 is 29.3 Å². The summed E-state index contributed by atoms with van der Waals surface area (Å²) in [7, 11) is 1.47. The number of hydrogen-bond acceptors (Lipinski definition) is 8. The van der Waals surface area contributed by atoms with Crippen molar-refractivity contribution < 1.29 is 33.3 Å². The summed E-state index contributed by atoms with van der Waals surface area (Å²) in [6, 6.07) is 14.9. The molecule has 3 atom stereocenters. The molecule has 5 rings (SSSR count). The van der Waals surface area contributed by atoms with Gasteiger partial charge in [0.2, 0.25) is 0 Å². The van der Waals surface area contributed by atoms with Crippen LogP contribution >= 0.6 is 23.2 Å². The van der Waals surface area contributed by atoms with Crippen molar-refractivity contribution in [2.75, 3.05) is 19.0 Å². The third-order valence-corrected chi connectivity index (χ3v) is 9.17. The minimum Gasteiger partial charge on any atom is -0.493 e. The highest BCUT2D eigenvalue weighted by Gasteiger charge is 2.46.